The molecule has 1 rings (SSSR count). The number of nitrogens with two attached hydrogens (primary N) is 2. The number of carboxylic acids is 1. The minimum Gasteiger partial charge on any atom is -0.481 e. The maximum Gasteiger partial charge on any atom is 0.300 e. The standard InChI is InChI=1S/C8H9N3O.C2H4O2/c9-7(10)5-3-1-2-4-6(5)8(11)12;1-2(3)4/h1-4H,(H3,9,10)(H2,11,12);1H3,(H,3,4). The van der Waals surface area contributed by atoms with Gasteiger partial charge in [-0.3, -0.25) is 15.0 Å². The number of nitrogens with one attached hydrogen (secondary N) is 1. The molecule has 86 valence electrons. The van der Waals surface area contributed by atoms with Gasteiger partial charge in [0.2, 0.25) is 5.91 Å². The van der Waals surface area contributed by atoms with Gasteiger partial charge in [0, 0.05) is 18.1 Å². The molecule has 1 amide bonds. The Morgan fingerprint density at radius 1 is 1.19 bits per heavy atom. The Labute approximate surface area is 92.4 Å². The molecule has 0 atom stereocenters. The lowest BCUT2D eigenvalue weighted by Crippen LogP contribution is -2.20. The second-order valence-electron chi connectivity index (χ2n) is 2.84. The molecule has 0 unspecified atom stereocenters. The van der Waals surface area contributed by atoms with E-state index in [4.69, 9.17) is 26.8 Å². The third kappa shape index (κ3) is 4.75. The van der Waals surface area contributed by atoms with Gasteiger partial charge in [-0.15, -0.1) is 0 Å². The molecule has 0 heterocycles. The van der Waals surface area contributed by atoms with Crippen LogP contribution in [-0.4, -0.2) is 22.8 Å². The molecule has 6 heteroatoms. The van der Waals surface area contributed by atoms with Crippen molar-refractivity contribution in [3.63, 3.8) is 0 Å². The molecule has 0 saturated heterocycles. The molecule has 0 aromatic heterocycles. The first kappa shape index (κ1) is 13.6. The molecule has 0 saturated carbocycles. The highest BCUT2D eigenvalue weighted by Crippen LogP contribution is 2.06. The number of aliphatic carboxylic acids is 1. The van der Waals surface area contributed by atoms with Crippen LogP contribution in [-0.2, 0) is 4.79 Å². The maximum atomic E-state index is 10.8. The predicted molar refractivity (Wildman–Crippen MR) is 59.3 cm³/mol. The first-order valence-corrected chi connectivity index (χ1v) is 4.29. The topological polar surface area (TPSA) is 130 Å². The van der Waals surface area contributed by atoms with Crippen LogP contribution in [0.3, 0.4) is 0 Å². The van der Waals surface area contributed by atoms with Crippen molar-refractivity contribution >= 4 is 17.7 Å². The quantitative estimate of drug-likeness (QED) is 0.420. The summed E-state index contributed by atoms with van der Waals surface area (Å²) in [5.74, 6) is -1.55. The number of hydrogen-bond acceptors (Lipinski definition) is 3. The van der Waals surface area contributed by atoms with Gasteiger partial charge in [-0.05, 0) is 6.07 Å². The summed E-state index contributed by atoms with van der Waals surface area (Å²) in [5, 5.41) is 14.6. The van der Waals surface area contributed by atoms with Crippen LogP contribution >= 0.6 is 0 Å². The Balaban J connectivity index is 0.000000487. The van der Waals surface area contributed by atoms with Crippen LogP contribution in [0.25, 0.3) is 0 Å². The number of benzene rings is 1. The fourth-order valence-corrected chi connectivity index (χ4v) is 0.933. The molecule has 1 aromatic carbocycles. The van der Waals surface area contributed by atoms with E-state index in [-0.39, 0.29) is 11.4 Å². The minimum absolute atomic E-state index is 0.149. The van der Waals surface area contributed by atoms with Crippen molar-refractivity contribution in [3.8, 4) is 0 Å². The second kappa shape index (κ2) is 6.18. The first-order valence-electron chi connectivity index (χ1n) is 4.29. The lowest BCUT2D eigenvalue weighted by atomic mass is 10.1. The number of carbonyl (C=O) groups is 2. The Morgan fingerprint density at radius 3 is 1.81 bits per heavy atom. The maximum absolute atomic E-state index is 10.8. The summed E-state index contributed by atoms with van der Waals surface area (Å²) in [4.78, 5) is 19.8. The summed E-state index contributed by atoms with van der Waals surface area (Å²) < 4.78 is 0. The van der Waals surface area contributed by atoms with Gasteiger partial charge in [-0.2, -0.15) is 0 Å². The van der Waals surface area contributed by atoms with Crippen LogP contribution in [0.5, 0.6) is 0 Å². The summed E-state index contributed by atoms with van der Waals surface area (Å²) in [6.07, 6.45) is 0. The van der Waals surface area contributed by atoms with Crippen molar-refractivity contribution in [2.24, 2.45) is 11.5 Å². The van der Waals surface area contributed by atoms with E-state index in [1.165, 1.54) is 0 Å². The molecule has 0 aliphatic heterocycles. The summed E-state index contributed by atoms with van der Waals surface area (Å²) in [5.41, 5.74) is 11.0. The molecule has 6 nitrogen and oxygen atoms in total. The van der Waals surface area contributed by atoms with E-state index in [0.29, 0.717) is 5.56 Å². The number of amidine groups is 1. The fourth-order valence-electron chi connectivity index (χ4n) is 0.933. The number of carboxylic acid groups (broad SMARTS) is 1. The van der Waals surface area contributed by atoms with Crippen molar-refractivity contribution in [2.45, 2.75) is 6.92 Å². The Bertz CT molecular complexity index is 379. The summed E-state index contributed by atoms with van der Waals surface area (Å²) in [6.45, 7) is 1.08. The van der Waals surface area contributed by atoms with Crippen LogP contribution in [0.15, 0.2) is 24.3 Å². The number of nitrogen functional groups attached to an aromatic ring is 1. The molecule has 6 N–H and O–H groups in total. The summed E-state index contributed by atoms with van der Waals surface area (Å²) >= 11 is 0. The lowest BCUT2D eigenvalue weighted by Gasteiger charge is -2.02. The largest absolute Gasteiger partial charge is 0.481 e. The van der Waals surface area contributed by atoms with E-state index in [1.54, 1.807) is 24.3 Å². The number of primary amides is 1. The SMILES string of the molecule is CC(=O)O.N=C(N)c1ccccc1C(N)=O. The average molecular weight is 223 g/mol. The zero-order chi connectivity index (χ0) is 12.7. The Morgan fingerprint density at radius 2 is 1.56 bits per heavy atom. The Hall–Kier alpha value is -2.37. The smallest absolute Gasteiger partial charge is 0.300 e. The number of hydrogen-bond donors (Lipinski definition) is 4. The first-order chi connectivity index (χ1) is 7.36. The van der Waals surface area contributed by atoms with Crippen LogP contribution < -0.4 is 11.5 Å². The zero-order valence-electron chi connectivity index (χ0n) is 8.73. The number of rotatable bonds is 2. The van der Waals surface area contributed by atoms with Crippen molar-refractivity contribution in [3.05, 3.63) is 35.4 Å². The van der Waals surface area contributed by atoms with Crippen molar-refractivity contribution in [1.29, 1.82) is 5.41 Å². The number of carbonyl (C=O) groups excluding carboxylic acids is 1. The molecular formula is C10H13N3O3. The summed E-state index contributed by atoms with van der Waals surface area (Å²) in [6, 6.07) is 6.50. The van der Waals surface area contributed by atoms with Gasteiger partial charge in [0.05, 0.1) is 0 Å². The fraction of sp³-hybridized carbons (Fsp3) is 0.100. The molecule has 0 aliphatic carbocycles. The van der Waals surface area contributed by atoms with Crippen molar-refractivity contribution in [2.75, 3.05) is 0 Å². The second-order valence-corrected chi connectivity index (χ2v) is 2.84. The van der Waals surface area contributed by atoms with Crippen LogP contribution in [0.1, 0.15) is 22.8 Å². The molecule has 1 aromatic rings. The minimum atomic E-state index is -0.833. The zero-order valence-corrected chi connectivity index (χ0v) is 8.73. The highest BCUT2D eigenvalue weighted by Gasteiger charge is 2.07. The van der Waals surface area contributed by atoms with E-state index >= 15 is 0 Å². The molecule has 0 spiro atoms. The van der Waals surface area contributed by atoms with Gasteiger partial charge in [-0.1, -0.05) is 18.2 Å². The average Bonchev–Trinajstić information content (AvgIpc) is 2.16. The van der Waals surface area contributed by atoms with E-state index < -0.39 is 11.9 Å². The van der Waals surface area contributed by atoms with Crippen LogP contribution in [0.2, 0.25) is 0 Å². The predicted octanol–water partition coefficient (Wildman–Crippen LogP) is 0.160. The molecule has 0 radical (unpaired) electrons. The van der Waals surface area contributed by atoms with Crippen molar-refractivity contribution < 1.29 is 14.7 Å². The van der Waals surface area contributed by atoms with Gasteiger partial charge in [0.25, 0.3) is 5.97 Å². The highest BCUT2D eigenvalue weighted by atomic mass is 16.4. The van der Waals surface area contributed by atoms with E-state index in [2.05, 4.69) is 0 Å². The van der Waals surface area contributed by atoms with Gasteiger partial charge >= 0.3 is 0 Å². The van der Waals surface area contributed by atoms with E-state index in [0.717, 1.165) is 6.92 Å². The lowest BCUT2D eigenvalue weighted by molar-refractivity contribution is -0.134. The molecular weight excluding hydrogens is 210 g/mol. The van der Waals surface area contributed by atoms with Gasteiger partial charge in [0.15, 0.2) is 0 Å². The molecule has 16 heavy (non-hydrogen) atoms. The normalized spacial score (nSPS) is 8.56. The van der Waals surface area contributed by atoms with Crippen LogP contribution in [0.4, 0.5) is 0 Å². The van der Waals surface area contributed by atoms with Gasteiger partial charge < -0.3 is 16.6 Å². The number of amides is 1. The van der Waals surface area contributed by atoms with Crippen molar-refractivity contribution in [1.82, 2.24) is 0 Å². The van der Waals surface area contributed by atoms with E-state index in [9.17, 15) is 4.79 Å². The monoisotopic (exact) mass is 223 g/mol. The van der Waals surface area contributed by atoms with Gasteiger partial charge in [0.1, 0.15) is 5.84 Å². The third-order valence-electron chi connectivity index (χ3n) is 1.48. The molecule has 0 bridgehead atoms. The Kier molecular flexibility index (Phi) is 5.26. The third-order valence-corrected chi connectivity index (χ3v) is 1.48. The van der Waals surface area contributed by atoms with Gasteiger partial charge in [-0.25, -0.2) is 0 Å². The molecule has 0 fully saturated rings. The molecule has 0 aliphatic rings. The summed E-state index contributed by atoms with van der Waals surface area (Å²) in [7, 11) is 0. The van der Waals surface area contributed by atoms with E-state index in [1.807, 2.05) is 0 Å². The van der Waals surface area contributed by atoms with Crippen LogP contribution in [0, 0.1) is 5.41 Å². The highest BCUT2D eigenvalue weighted by molar-refractivity contribution is 6.06.